The lowest BCUT2D eigenvalue weighted by atomic mass is 10.1. The number of ether oxygens (including phenoxy) is 1. The van der Waals surface area contributed by atoms with Gasteiger partial charge in [-0.15, -0.1) is 0 Å². The molecule has 2 rings (SSSR count). The van der Waals surface area contributed by atoms with Crippen LogP contribution in [0, 0.1) is 0 Å². The number of aromatic amines is 1. The lowest BCUT2D eigenvalue weighted by molar-refractivity contribution is -0.0512. The lowest BCUT2D eigenvalue weighted by Crippen LogP contribution is -2.02. The third kappa shape index (κ3) is 2.85. The minimum absolute atomic E-state index is 0.258. The summed E-state index contributed by atoms with van der Waals surface area (Å²) in [6.07, 6.45) is 6.39. The Morgan fingerprint density at radius 3 is 2.83 bits per heavy atom. The Balaban J connectivity index is 2.23. The standard InChI is InChI=1S/C12H10F2N2O2/c13-12(14)18-9-3-1-2-8(11(9)17)4-5-10-15-6-7-16-10/h1-7,12,17H,(H,15,16)/b5-4+. The molecule has 0 saturated heterocycles. The number of aromatic nitrogens is 2. The number of nitrogens with zero attached hydrogens (tertiary/aromatic N) is 1. The maximum absolute atomic E-state index is 12.1. The second-order valence-corrected chi connectivity index (χ2v) is 3.38. The second-order valence-electron chi connectivity index (χ2n) is 3.38. The third-order valence-corrected chi connectivity index (χ3v) is 2.19. The summed E-state index contributed by atoms with van der Waals surface area (Å²) in [7, 11) is 0. The quantitative estimate of drug-likeness (QED) is 0.879. The van der Waals surface area contributed by atoms with E-state index in [0.717, 1.165) is 0 Å². The molecule has 94 valence electrons. The molecule has 4 nitrogen and oxygen atoms in total. The van der Waals surface area contributed by atoms with Crippen molar-refractivity contribution in [3.63, 3.8) is 0 Å². The fourth-order valence-corrected chi connectivity index (χ4v) is 1.40. The molecule has 6 heteroatoms. The summed E-state index contributed by atoms with van der Waals surface area (Å²) < 4.78 is 28.3. The van der Waals surface area contributed by atoms with Crippen LogP contribution < -0.4 is 4.74 Å². The molecular weight excluding hydrogens is 242 g/mol. The molecule has 0 amide bonds. The molecule has 0 fully saturated rings. The molecule has 0 aliphatic rings. The molecule has 1 aromatic carbocycles. The number of aromatic hydroxyl groups is 1. The number of imidazole rings is 1. The van der Waals surface area contributed by atoms with Gasteiger partial charge in [-0.2, -0.15) is 8.78 Å². The Morgan fingerprint density at radius 2 is 2.17 bits per heavy atom. The summed E-state index contributed by atoms with van der Waals surface area (Å²) in [6, 6.07) is 4.36. The van der Waals surface area contributed by atoms with Crippen molar-refractivity contribution in [3.8, 4) is 11.5 Å². The van der Waals surface area contributed by atoms with Crippen molar-refractivity contribution in [2.75, 3.05) is 0 Å². The van der Waals surface area contributed by atoms with E-state index in [-0.39, 0.29) is 11.5 Å². The van der Waals surface area contributed by atoms with Gasteiger partial charge in [0.1, 0.15) is 5.82 Å². The predicted octanol–water partition coefficient (Wildman–Crippen LogP) is 2.89. The maximum atomic E-state index is 12.1. The zero-order valence-electron chi connectivity index (χ0n) is 9.18. The highest BCUT2D eigenvalue weighted by Gasteiger charge is 2.10. The normalized spacial score (nSPS) is 11.3. The van der Waals surface area contributed by atoms with E-state index < -0.39 is 6.61 Å². The van der Waals surface area contributed by atoms with E-state index in [9.17, 15) is 13.9 Å². The van der Waals surface area contributed by atoms with Crippen molar-refractivity contribution in [2.45, 2.75) is 6.61 Å². The molecule has 1 aromatic heterocycles. The van der Waals surface area contributed by atoms with Crippen molar-refractivity contribution >= 4 is 12.2 Å². The minimum atomic E-state index is -2.97. The first-order chi connectivity index (χ1) is 8.66. The van der Waals surface area contributed by atoms with E-state index >= 15 is 0 Å². The smallest absolute Gasteiger partial charge is 0.387 e. The average molecular weight is 252 g/mol. The molecule has 0 unspecified atom stereocenters. The first-order valence-corrected chi connectivity index (χ1v) is 5.11. The monoisotopic (exact) mass is 252 g/mol. The molecule has 0 saturated carbocycles. The number of hydrogen-bond acceptors (Lipinski definition) is 3. The van der Waals surface area contributed by atoms with E-state index in [0.29, 0.717) is 11.4 Å². The molecular formula is C12H10F2N2O2. The summed E-state index contributed by atoms with van der Waals surface area (Å²) in [5, 5.41) is 9.73. The van der Waals surface area contributed by atoms with Crippen molar-refractivity contribution in [1.29, 1.82) is 0 Å². The van der Waals surface area contributed by atoms with Gasteiger partial charge in [-0.3, -0.25) is 0 Å². The molecule has 0 aliphatic carbocycles. The van der Waals surface area contributed by atoms with Crippen molar-refractivity contribution in [3.05, 3.63) is 42.0 Å². The van der Waals surface area contributed by atoms with Gasteiger partial charge in [0.25, 0.3) is 0 Å². The van der Waals surface area contributed by atoms with Crippen molar-refractivity contribution in [1.82, 2.24) is 9.97 Å². The van der Waals surface area contributed by atoms with Crippen LogP contribution in [0.25, 0.3) is 12.2 Å². The SMILES string of the molecule is Oc1c(/C=C/c2ncc[nH]2)cccc1OC(F)F. The van der Waals surface area contributed by atoms with Crippen LogP contribution in [0.4, 0.5) is 8.78 Å². The largest absolute Gasteiger partial charge is 0.504 e. The van der Waals surface area contributed by atoms with Crippen molar-refractivity contribution < 1.29 is 18.6 Å². The zero-order valence-corrected chi connectivity index (χ0v) is 9.18. The third-order valence-electron chi connectivity index (χ3n) is 2.19. The number of para-hydroxylation sites is 1. The van der Waals surface area contributed by atoms with Crippen LogP contribution in [-0.2, 0) is 0 Å². The molecule has 0 radical (unpaired) electrons. The van der Waals surface area contributed by atoms with Crippen LogP contribution >= 0.6 is 0 Å². The summed E-state index contributed by atoms with van der Waals surface area (Å²) in [5.41, 5.74) is 0.365. The molecule has 2 aromatic rings. The van der Waals surface area contributed by atoms with Crippen LogP contribution in [-0.4, -0.2) is 21.7 Å². The van der Waals surface area contributed by atoms with Gasteiger partial charge in [0.2, 0.25) is 0 Å². The van der Waals surface area contributed by atoms with Gasteiger partial charge < -0.3 is 14.8 Å². The van der Waals surface area contributed by atoms with Crippen LogP contribution in [0.3, 0.4) is 0 Å². The first kappa shape index (κ1) is 12.1. The number of H-pyrrole nitrogens is 1. The van der Waals surface area contributed by atoms with Gasteiger partial charge in [0.15, 0.2) is 11.5 Å². The van der Waals surface area contributed by atoms with E-state index in [1.807, 2.05) is 0 Å². The van der Waals surface area contributed by atoms with Crippen molar-refractivity contribution in [2.24, 2.45) is 0 Å². The lowest BCUT2D eigenvalue weighted by Gasteiger charge is -2.08. The highest BCUT2D eigenvalue weighted by Crippen LogP contribution is 2.31. The van der Waals surface area contributed by atoms with Crippen LogP contribution in [0.1, 0.15) is 11.4 Å². The van der Waals surface area contributed by atoms with Gasteiger partial charge in [0, 0.05) is 18.0 Å². The molecule has 0 bridgehead atoms. The number of hydrogen-bond donors (Lipinski definition) is 2. The Kier molecular flexibility index (Phi) is 3.57. The Bertz CT molecular complexity index is 539. The van der Waals surface area contributed by atoms with E-state index in [1.54, 1.807) is 30.6 Å². The summed E-state index contributed by atoms with van der Waals surface area (Å²) in [4.78, 5) is 6.80. The molecule has 1 heterocycles. The number of alkyl halides is 2. The molecule has 0 aliphatic heterocycles. The van der Waals surface area contributed by atoms with Gasteiger partial charge >= 0.3 is 6.61 Å². The minimum Gasteiger partial charge on any atom is -0.504 e. The number of rotatable bonds is 4. The molecule has 0 spiro atoms. The molecule has 2 N–H and O–H groups in total. The molecule has 0 atom stereocenters. The van der Waals surface area contributed by atoms with E-state index in [2.05, 4.69) is 14.7 Å². The fraction of sp³-hybridized carbons (Fsp3) is 0.0833. The summed E-state index contributed by atoms with van der Waals surface area (Å²) in [6.45, 7) is -2.97. The van der Waals surface area contributed by atoms with Gasteiger partial charge in [-0.25, -0.2) is 4.98 Å². The maximum Gasteiger partial charge on any atom is 0.387 e. The Morgan fingerprint density at radius 1 is 1.33 bits per heavy atom. The topological polar surface area (TPSA) is 58.1 Å². The van der Waals surface area contributed by atoms with Gasteiger partial charge in [-0.1, -0.05) is 12.1 Å². The number of benzene rings is 1. The first-order valence-electron chi connectivity index (χ1n) is 5.11. The van der Waals surface area contributed by atoms with E-state index in [1.165, 1.54) is 12.1 Å². The molecule has 18 heavy (non-hydrogen) atoms. The summed E-state index contributed by atoms with van der Waals surface area (Å²) >= 11 is 0. The number of phenolic OH excluding ortho intramolecular Hbond substituents is 1. The Labute approximate surface area is 102 Å². The Hall–Kier alpha value is -2.37. The summed E-state index contributed by atoms with van der Waals surface area (Å²) in [5.74, 6) is 0.00165. The average Bonchev–Trinajstić information content (AvgIpc) is 2.83. The predicted molar refractivity (Wildman–Crippen MR) is 62.3 cm³/mol. The van der Waals surface area contributed by atoms with Gasteiger partial charge in [-0.05, 0) is 18.2 Å². The zero-order chi connectivity index (χ0) is 13.0. The van der Waals surface area contributed by atoms with Crippen LogP contribution in [0.15, 0.2) is 30.6 Å². The number of phenols is 1. The van der Waals surface area contributed by atoms with Crippen LogP contribution in [0.2, 0.25) is 0 Å². The van der Waals surface area contributed by atoms with E-state index in [4.69, 9.17) is 0 Å². The highest BCUT2D eigenvalue weighted by molar-refractivity contribution is 5.71. The highest BCUT2D eigenvalue weighted by atomic mass is 19.3. The number of halogens is 2. The second kappa shape index (κ2) is 5.31. The van der Waals surface area contributed by atoms with Gasteiger partial charge in [0.05, 0.1) is 0 Å². The number of nitrogens with one attached hydrogen (secondary N) is 1. The fourth-order valence-electron chi connectivity index (χ4n) is 1.40. The van der Waals surface area contributed by atoms with Crippen LogP contribution in [0.5, 0.6) is 11.5 Å².